The number of anilines is 3. The van der Waals surface area contributed by atoms with Crippen molar-refractivity contribution in [3.8, 4) is 11.5 Å². The van der Waals surface area contributed by atoms with Crippen LogP contribution in [-0.4, -0.2) is 57.7 Å². The van der Waals surface area contributed by atoms with Gasteiger partial charge in [0.05, 0.1) is 0 Å². The normalized spacial score (nSPS) is 17.5. The summed E-state index contributed by atoms with van der Waals surface area (Å²) in [4.78, 5) is 49.4. The number of carbonyl (C=O) groups excluding carboxylic acids is 2. The largest absolute Gasteiger partial charge is 0.437 e. The number of aromatic nitrogens is 4. The quantitative estimate of drug-likeness (QED) is 0.564. The van der Waals surface area contributed by atoms with Gasteiger partial charge in [-0.1, -0.05) is 6.07 Å². The molecule has 0 spiro atoms. The Morgan fingerprint density at radius 3 is 2.97 bits per heavy atom. The Kier molecular flexibility index (Phi) is 5.04. The van der Waals surface area contributed by atoms with Crippen LogP contribution in [-0.2, 0) is 11.3 Å². The third-order valence-corrected chi connectivity index (χ3v) is 5.83. The molecule has 2 amide bonds. The zero-order valence-corrected chi connectivity index (χ0v) is 17.9. The number of primary amides is 1. The first-order valence-corrected chi connectivity index (χ1v) is 10.5. The van der Waals surface area contributed by atoms with E-state index in [0.29, 0.717) is 35.1 Å². The molecule has 0 bridgehead atoms. The fraction of sp³-hybridized carbons (Fsp3) is 0.333. The monoisotopic (exact) mass is 450 g/mol. The maximum Gasteiger partial charge on any atom is 0.437 e. The molecule has 1 fully saturated rings. The van der Waals surface area contributed by atoms with Crippen molar-refractivity contribution in [3.05, 3.63) is 46.6 Å². The van der Waals surface area contributed by atoms with Gasteiger partial charge in [0.25, 0.3) is 5.91 Å². The summed E-state index contributed by atoms with van der Waals surface area (Å²) in [5, 5.41) is 6.98. The standard InChI is InChI=1S/C21H22N8O4/c1-23-20-24-9-15-17(25-20)27-7-3-6-14(27)10-28(19(15)31)13-5-2-4-12(8-13)18-26-29(11-16(22)30)21(32)33-18/h2,4-5,8-9,14H,3,6-7,10-11H2,1H3,(H2,22,30)(H,23,24,25). The molecule has 0 aliphatic carbocycles. The molecule has 0 radical (unpaired) electrons. The summed E-state index contributed by atoms with van der Waals surface area (Å²) < 4.78 is 6.06. The van der Waals surface area contributed by atoms with E-state index in [-0.39, 0.29) is 24.4 Å². The fourth-order valence-corrected chi connectivity index (χ4v) is 4.31. The zero-order valence-electron chi connectivity index (χ0n) is 17.9. The highest BCUT2D eigenvalue weighted by atomic mass is 16.4. The molecular formula is C21H22N8O4. The molecule has 12 nitrogen and oxygen atoms in total. The smallest absolute Gasteiger partial charge is 0.388 e. The molecule has 1 atom stereocenters. The van der Waals surface area contributed by atoms with Crippen molar-refractivity contribution in [2.75, 3.05) is 35.3 Å². The van der Waals surface area contributed by atoms with Crippen LogP contribution in [0.25, 0.3) is 11.5 Å². The lowest BCUT2D eigenvalue weighted by Gasteiger charge is -2.27. The Balaban J connectivity index is 1.54. The molecule has 12 heteroatoms. The number of hydrogen-bond donors (Lipinski definition) is 2. The molecule has 3 N–H and O–H groups in total. The number of rotatable bonds is 5. The molecule has 2 aliphatic rings. The van der Waals surface area contributed by atoms with E-state index in [1.54, 1.807) is 36.3 Å². The van der Waals surface area contributed by atoms with Crippen LogP contribution in [0, 0.1) is 0 Å². The second-order valence-corrected chi connectivity index (χ2v) is 7.93. The van der Waals surface area contributed by atoms with Crippen molar-refractivity contribution in [2.45, 2.75) is 25.4 Å². The van der Waals surface area contributed by atoms with Crippen LogP contribution in [0.15, 0.2) is 39.7 Å². The van der Waals surface area contributed by atoms with E-state index in [2.05, 4.69) is 25.3 Å². The summed E-state index contributed by atoms with van der Waals surface area (Å²) >= 11 is 0. The van der Waals surface area contributed by atoms with Crippen molar-refractivity contribution in [2.24, 2.45) is 5.73 Å². The van der Waals surface area contributed by atoms with Crippen LogP contribution in [0.5, 0.6) is 0 Å². The van der Waals surface area contributed by atoms with Gasteiger partial charge in [-0.15, -0.1) is 5.10 Å². The van der Waals surface area contributed by atoms with Crippen LogP contribution >= 0.6 is 0 Å². The molecule has 2 aromatic heterocycles. The minimum Gasteiger partial charge on any atom is -0.388 e. The van der Waals surface area contributed by atoms with Crippen molar-refractivity contribution < 1.29 is 14.0 Å². The van der Waals surface area contributed by atoms with Crippen molar-refractivity contribution in [1.82, 2.24) is 19.7 Å². The number of fused-ring (bicyclic) bond motifs is 3. The van der Waals surface area contributed by atoms with Gasteiger partial charge < -0.3 is 25.3 Å². The van der Waals surface area contributed by atoms with Crippen LogP contribution in [0.3, 0.4) is 0 Å². The summed E-state index contributed by atoms with van der Waals surface area (Å²) in [7, 11) is 1.74. The first-order chi connectivity index (χ1) is 15.9. The number of nitrogens with two attached hydrogens (primary N) is 1. The van der Waals surface area contributed by atoms with Gasteiger partial charge in [0.2, 0.25) is 17.7 Å². The number of nitrogens with one attached hydrogen (secondary N) is 1. The number of hydrogen-bond acceptors (Lipinski definition) is 9. The molecule has 1 unspecified atom stereocenters. The fourth-order valence-electron chi connectivity index (χ4n) is 4.31. The van der Waals surface area contributed by atoms with Gasteiger partial charge in [0, 0.05) is 43.6 Å². The van der Waals surface area contributed by atoms with E-state index in [0.717, 1.165) is 24.1 Å². The molecule has 5 rings (SSSR count). The lowest BCUT2D eigenvalue weighted by Crippen LogP contribution is -2.39. The molecular weight excluding hydrogens is 428 g/mol. The zero-order chi connectivity index (χ0) is 23.1. The van der Waals surface area contributed by atoms with E-state index >= 15 is 0 Å². The van der Waals surface area contributed by atoms with E-state index < -0.39 is 11.7 Å². The van der Waals surface area contributed by atoms with Gasteiger partial charge in [-0.3, -0.25) is 9.59 Å². The SMILES string of the molecule is CNc1ncc2c(n1)N1CCCC1CN(c1cccc(-c3nn(CC(N)=O)c(=O)o3)c1)C2=O. The van der Waals surface area contributed by atoms with E-state index in [9.17, 15) is 14.4 Å². The number of amides is 2. The minimum absolute atomic E-state index is 0.0373. The third-order valence-electron chi connectivity index (χ3n) is 5.83. The number of benzene rings is 1. The van der Waals surface area contributed by atoms with Crippen molar-refractivity contribution in [1.29, 1.82) is 0 Å². The molecule has 1 saturated heterocycles. The highest BCUT2D eigenvalue weighted by Crippen LogP contribution is 2.34. The van der Waals surface area contributed by atoms with Crippen molar-refractivity contribution >= 4 is 29.3 Å². The predicted octanol–water partition coefficient (Wildman–Crippen LogP) is 0.450. The maximum absolute atomic E-state index is 13.5. The maximum atomic E-state index is 13.5. The molecule has 2 aliphatic heterocycles. The highest BCUT2D eigenvalue weighted by molar-refractivity contribution is 6.10. The Morgan fingerprint density at radius 2 is 2.18 bits per heavy atom. The van der Waals surface area contributed by atoms with Gasteiger partial charge in [0.15, 0.2) is 0 Å². The summed E-state index contributed by atoms with van der Waals surface area (Å²) in [6.07, 6.45) is 3.50. The Morgan fingerprint density at radius 1 is 1.33 bits per heavy atom. The van der Waals surface area contributed by atoms with E-state index in [4.69, 9.17) is 10.2 Å². The topological polar surface area (TPSA) is 152 Å². The first-order valence-electron chi connectivity index (χ1n) is 10.5. The Bertz CT molecular complexity index is 1300. The van der Waals surface area contributed by atoms with Crippen molar-refractivity contribution in [3.63, 3.8) is 0 Å². The first kappa shape index (κ1) is 20.7. The van der Waals surface area contributed by atoms with E-state index in [1.807, 2.05) is 6.07 Å². The lowest BCUT2D eigenvalue weighted by molar-refractivity contribution is -0.118. The van der Waals surface area contributed by atoms with Crippen LogP contribution in [0.4, 0.5) is 17.5 Å². The molecule has 4 heterocycles. The third kappa shape index (κ3) is 3.69. The Labute approximate surface area is 188 Å². The molecule has 170 valence electrons. The second kappa shape index (κ2) is 8.04. The molecule has 33 heavy (non-hydrogen) atoms. The average molecular weight is 450 g/mol. The molecule has 0 saturated carbocycles. The van der Waals surface area contributed by atoms with Gasteiger partial charge in [-0.25, -0.2) is 9.78 Å². The summed E-state index contributed by atoms with van der Waals surface area (Å²) in [6, 6.07) is 7.12. The van der Waals surface area contributed by atoms with Crippen LogP contribution in [0.2, 0.25) is 0 Å². The van der Waals surface area contributed by atoms with Crippen LogP contribution < -0.4 is 26.6 Å². The highest BCUT2D eigenvalue weighted by Gasteiger charge is 2.37. The Hall–Kier alpha value is -4.22. The van der Waals surface area contributed by atoms with Gasteiger partial charge in [-0.2, -0.15) is 9.67 Å². The second-order valence-electron chi connectivity index (χ2n) is 7.93. The summed E-state index contributed by atoms with van der Waals surface area (Å²) in [6.45, 7) is 0.921. The molecule has 3 aromatic rings. The van der Waals surface area contributed by atoms with E-state index in [1.165, 1.54) is 0 Å². The number of nitrogens with zero attached hydrogens (tertiary/aromatic N) is 6. The molecule has 1 aromatic carbocycles. The lowest BCUT2D eigenvalue weighted by atomic mass is 10.1. The summed E-state index contributed by atoms with van der Waals surface area (Å²) in [5.41, 5.74) is 6.70. The van der Waals surface area contributed by atoms with Gasteiger partial charge in [0.1, 0.15) is 17.9 Å². The minimum atomic E-state index is -0.784. The number of carbonyl (C=O) groups is 2. The van der Waals surface area contributed by atoms with Gasteiger partial charge in [-0.05, 0) is 31.0 Å². The average Bonchev–Trinajstić information content (AvgIpc) is 3.40. The predicted molar refractivity (Wildman–Crippen MR) is 119 cm³/mol. The van der Waals surface area contributed by atoms with Crippen LogP contribution in [0.1, 0.15) is 23.2 Å². The van der Waals surface area contributed by atoms with Gasteiger partial charge >= 0.3 is 5.76 Å². The summed E-state index contributed by atoms with van der Waals surface area (Å²) in [5.74, 6) is -0.562.